The SMILES string of the molecule is CC(C)(C)OC(=O)NC(CO[Si](C)(C)C(C)(C)C)CC(=O)O. The van der Waals surface area contributed by atoms with Crippen molar-refractivity contribution in [3.8, 4) is 0 Å². The number of hydrogen-bond acceptors (Lipinski definition) is 4. The lowest BCUT2D eigenvalue weighted by Gasteiger charge is -2.37. The van der Waals surface area contributed by atoms with E-state index in [0.717, 1.165) is 0 Å². The van der Waals surface area contributed by atoms with Gasteiger partial charge in [0.05, 0.1) is 19.1 Å². The van der Waals surface area contributed by atoms with Crippen molar-refractivity contribution in [1.29, 1.82) is 0 Å². The molecule has 1 unspecified atom stereocenters. The van der Waals surface area contributed by atoms with Gasteiger partial charge in [-0.05, 0) is 38.9 Å². The average Bonchev–Trinajstić information content (AvgIpc) is 2.20. The highest BCUT2D eigenvalue weighted by molar-refractivity contribution is 6.74. The van der Waals surface area contributed by atoms with Crippen molar-refractivity contribution < 1.29 is 23.9 Å². The van der Waals surface area contributed by atoms with Crippen LogP contribution < -0.4 is 5.32 Å². The number of hydrogen-bond donors (Lipinski definition) is 2. The molecule has 22 heavy (non-hydrogen) atoms. The summed E-state index contributed by atoms with van der Waals surface area (Å²) >= 11 is 0. The van der Waals surface area contributed by atoms with E-state index in [1.807, 2.05) is 0 Å². The third-order valence-electron chi connectivity index (χ3n) is 3.59. The Balaban J connectivity index is 4.73. The average molecular weight is 334 g/mol. The van der Waals surface area contributed by atoms with Crippen LogP contribution in [0.1, 0.15) is 48.0 Å². The highest BCUT2D eigenvalue weighted by Gasteiger charge is 2.38. The molecule has 0 radical (unpaired) electrons. The molecule has 0 aliphatic rings. The second-order valence-electron chi connectivity index (χ2n) is 8.01. The maximum atomic E-state index is 11.8. The summed E-state index contributed by atoms with van der Waals surface area (Å²) in [5, 5.41) is 11.6. The van der Waals surface area contributed by atoms with Gasteiger partial charge in [-0.3, -0.25) is 4.79 Å². The van der Waals surface area contributed by atoms with Gasteiger partial charge in [0.1, 0.15) is 5.60 Å². The number of rotatable bonds is 6. The van der Waals surface area contributed by atoms with E-state index in [9.17, 15) is 9.59 Å². The number of carboxylic acid groups (broad SMARTS) is 1. The molecule has 0 saturated heterocycles. The summed E-state index contributed by atoms with van der Waals surface area (Å²) in [7, 11) is -2.00. The molecule has 0 aromatic carbocycles. The summed E-state index contributed by atoms with van der Waals surface area (Å²) in [4.78, 5) is 22.8. The van der Waals surface area contributed by atoms with Crippen LogP contribution in [-0.4, -0.2) is 43.7 Å². The predicted molar refractivity (Wildman–Crippen MR) is 88.6 cm³/mol. The van der Waals surface area contributed by atoms with Crippen molar-refractivity contribution >= 4 is 20.4 Å². The molecule has 0 spiro atoms. The van der Waals surface area contributed by atoms with Crippen LogP contribution in [0.15, 0.2) is 0 Å². The highest BCUT2D eigenvalue weighted by Crippen LogP contribution is 2.36. The summed E-state index contributed by atoms with van der Waals surface area (Å²) in [5.41, 5.74) is -0.627. The molecule has 0 rings (SSSR count). The van der Waals surface area contributed by atoms with Gasteiger partial charge in [0, 0.05) is 0 Å². The van der Waals surface area contributed by atoms with Crippen LogP contribution >= 0.6 is 0 Å². The largest absolute Gasteiger partial charge is 0.481 e. The first-order chi connectivity index (χ1) is 9.64. The molecule has 0 bridgehead atoms. The molecule has 7 heteroatoms. The maximum absolute atomic E-state index is 11.8. The minimum Gasteiger partial charge on any atom is -0.481 e. The van der Waals surface area contributed by atoms with Crippen molar-refractivity contribution in [1.82, 2.24) is 5.32 Å². The van der Waals surface area contributed by atoms with Crippen molar-refractivity contribution in [3.63, 3.8) is 0 Å². The lowest BCUT2D eigenvalue weighted by atomic mass is 10.2. The zero-order valence-electron chi connectivity index (χ0n) is 15.1. The molecule has 0 aliphatic heterocycles. The van der Waals surface area contributed by atoms with Crippen molar-refractivity contribution in [3.05, 3.63) is 0 Å². The minimum absolute atomic E-state index is 0.0205. The van der Waals surface area contributed by atoms with Gasteiger partial charge in [-0.15, -0.1) is 0 Å². The monoisotopic (exact) mass is 333 g/mol. The van der Waals surface area contributed by atoms with Gasteiger partial charge < -0.3 is 19.6 Å². The fourth-order valence-electron chi connectivity index (χ4n) is 1.36. The normalized spacial score (nSPS) is 14.4. The van der Waals surface area contributed by atoms with Gasteiger partial charge in [0.25, 0.3) is 0 Å². The van der Waals surface area contributed by atoms with Gasteiger partial charge in [-0.2, -0.15) is 0 Å². The Hall–Kier alpha value is -1.08. The third-order valence-corrected chi connectivity index (χ3v) is 8.09. The van der Waals surface area contributed by atoms with Gasteiger partial charge in [-0.1, -0.05) is 20.8 Å². The quantitative estimate of drug-likeness (QED) is 0.728. The van der Waals surface area contributed by atoms with E-state index < -0.39 is 32.0 Å². The molecule has 0 aliphatic carbocycles. The number of alkyl carbamates (subject to hydrolysis) is 1. The Bertz CT molecular complexity index is 396. The number of amides is 1. The van der Waals surface area contributed by atoms with E-state index in [1.54, 1.807) is 20.8 Å². The number of aliphatic carboxylic acids is 1. The first-order valence-electron chi connectivity index (χ1n) is 7.49. The van der Waals surface area contributed by atoms with Crippen LogP contribution in [0, 0.1) is 0 Å². The topological polar surface area (TPSA) is 84.9 Å². The molecule has 130 valence electrons. The maximum Gasteiger partial charge on any atom is 0.407 e. The van der Waals surface area contributed by atoms with Crippen LogP contribution in [-0.2, 0) is 14.0 Å². The smallest absolute Gasteiger partial charge is 0.407 e. The number of ether oxygens (including phenoxy) is 1. The molecular weight excluding hydrogens is 302 g/mol. The molecule has 0 aromatic heterocycles. The summed E-state index contributed by atoms with van der Waals surface area (Å²) < 4.78 is 11.2. The number of carbonyl (C=O) groups excluding carboxylic acids is 1. The van der Waals surface area contributed by atoms with Crippen molar-refractivity contribution in [2.75, 3.05) is 6.61 Å². The van der Waals surface area contributed by atoms with E-state index in [1.165, 1.54) is 0 Å². The first kappa shape index (κ1) is 20.9. The highest BCUT2D eigenvalue weighted by atomic mass is 28.4. The van der Waals surface area contributed by atoms with Gasteiger partial charge in [-0.25, -0.2) is 4.79 Å². The molecule has 0 heterocycles. The van der Waals surface area contributed by atoms with E-state index in [2.05, 4.69) is 39.2 Å². The van der Waals surface area contributed by atoms with E-state index in [0.29, 0.717) is 0 Å². The van der Waals surface area contributed by atoms with Crippen LogP contribution in [0.5, 0.6) is 0 Å². The van der Waals surface area contributed by atoms with E-state index in [-0.39, 0.29) is 18.1 Å². The number of carboxylic acids is 1. The molecular formula is C15H31NO5Si. The summed E-state index contributed by atoms with van der Waals surface area (Å²) in [5.74, 6) is -0.986. The van der Waals surface area contributed by atoms with E-state index >= 15 is 0 Å². The molecule has 0 fully saturated rings. The Kier molecular flexibility index (Phi) is 7.09. The molecule has 2 N–H and O–H groups in total. The van der Waals surface area contributed by atoms with Gasteiger partial charge >= 0.3 is 12.1 Å². The van der Waals surface area contributed by atoms with Crippen LogP contribution in [0.3, 0.4) is 0 Å². The fourth-order valence-corrected chi connectivity index (χ4v) is 2.41. The second-order valence-corrected chi connectivity index (χ2v) is 12.8. The summed E-state index contributed by atoms with van der Waals surface area (Å²) in [6.07, 6.45) is -0.828. The summed E-state index contributed by atoms with van der Waals surface area (Å²) in [6, 6.07) is -0.610. The van der Waals surface area contributed by atoms with Crippen molar-refractivity contribution in [2.24, 2.45) is 0 Å². The van der Waals surface area contributed by atoms with Crippen LogP contribution in [0.4, 0.5) is 4.79 Å². The Morgan fingerprint density at radius 2 is 1.64 bits per heavy atom. The summed E-state index contributed by atoms with van der Waals surface area (Å²) in [6.45, 7) is 15.9. The molecule has 0 aromatic rings. The Labute approximate surface area is 134 Å². The first-order valence-corrected chi connectivity index (χ1v) is 10.4. The molecule has 0 saturated carbocycles. The molecule has 1 atom stereocenters. The zero-order chi connectivity index (χ0) is 17.8. The van der Waals surface area contributed by atoms with Crippen LogP contribution in [0.25, 0.3) is 0 Å². The zero-order valence-corrected chi connectivity index (χ0v) is 16.1. The van der Waals surface area contributed by atoms with Crippen LogP contribution in [0.2, 0.25) is 18.1 Å². The van der Waals surface area contributed by atoms with Gasteiger partial charge in [0.15, 0.2) is 8.32 Å². The second kappa shape index (κ2) is 7.46. The lowest BCUT2D eigenvalue weighted by molar-refractivity contribution is -0.137. The minimum atomic E-state index is -2.00. The lowest BCUT2D eigenvalue weighted by Crippen LogP contribution is -2.47. The predicted octanol–water partition coefficient (Wildman–Crippen LogP) is 3.38. The molecule has 6 nitrogen and oxygen atoms in total. The third kappa shape index (κ3) is 8.38. The Morgan fingerprint density at radius 3 is 2.00 bits per heavy atom. The number of nitrogens with one attached hydrogen (secondary N) is 1. The standard InChI is InChI=1S/C15H31NO5Si/c1-14(2,3)21-13(19)16-11(9-12(17)18)10-20-22(7,8)15(4,5)6/h11H,9-10H2,1-8H3,(H,16,19)(H,17,18). The Morgan fingerprint density at radius 1 is 1.14 bits per heavy atom. The number of carbonyl (C=O) groups is 2. The van der Waals surface area contributed by atoms with Crippen molar-refractivity contribution in [2.45, 2.75) is 77.7 Å². The molecule has 1 amide bonds. The fraction of sp³-hybridized carbons (Fsp3) is 0.867. The van der Waals surface area contributed by atoms with E-state index in [4.69, 9.17) is 14.3 Å². The van der Waals surface area contributed by atoms with Gasteiger partial charge in [0.2, 0.25) is 0 Å².